The lowest BCUT2D eigenvalue weighted by molar-refractivity contribution is -0.0105. The number of amides is 1. The standard InChI is InChI=1S/C8H10N2O3/c9-8(11)13-7(10-12)6-4-2-1-3-5-6/h1-5,7,10,12H,(H2,9,11). The van der Waals surface area contributed by atoms with Crippen molar-refractivity contribution >= 4 is 6.09 Å². The normalized spacial score (nSPS) is 12.1. The minimum atomic E-state index is -0.949. The molecule has 70 valence electrons. The number of hydrogen-bond acceptors (Lipinski definition) is 4. The Morgan fingerprint density at radius 2 is 2.08 bits per heavy atom. The zero-order valence-electron chi connectivity index (χ0n) is 6.81. The maximum Gasteiger partial charge on any atom is 0.406 e. The number of nitrogens with two attached hydrogens (primary N) is 1. The number of hydroxylamine groups is 1. The Kier molecular flexibility index (Phi) is 3.24. The van der Waals surface area contributed by atoms with E-state index in [1.165, 1.54) is 0 Å². The Hall–Kier alpha value is -1.59. The molecule has 0 bridgehead atoms. The van der Waals surface area contributed by atoms with Crippen LogP contribution in [0.1, 0.15) is 11.8 Å². The van der Waals surface area contributed by atoms with Crippen LogP contribution in [0.5, 0.6) is 0 Å². The second-order valence-corrected chi connectivity index (χ2v) is 2.36. The second-order valence-electron chi connectivity index (χ2n) is 2.36. The lowest BCUT2D eigenvalue weighted by Crippen LogP contribution is -2.26. The highest BCUT2D eigenvalue weighted by Crippen LogP contribution is 2.12. The monoisotopic (exact) mass is 182 g/mol. The van der Waals surface area contributed by atoms with Crippen molar-refractivity contribution in [1.29, 1.82) is 0 Å². The van der Waals surface area contributed by atoms with Crippen LogP contribution in [0.2, 0.25) is 0 Å². The Balaban J connectivity index is 2.73. The van der Waals surface area contributed by atoms with Crippen LogP contribution in [-0.2, 0) is 4.74 Å². The average Bonchev–Trinajstić information content (AvgIpc) is 2.15. The Morgan fingerprint density at radius 3 is 2.54 bits per heavy atom. The van der Waals surface area contributed by atoms with E-state index in [0.29, 0.717) is 5.56 Å². The maximum absolute atomic E-state index is 10.4. The summed E-state index contributed by atoms with van der Waals surface area (Å²) in [7, 11) is 0. The van der Waals surface area contributed by atoms with Crippen molar-refractivity contribution in [3.63, 3.8) is 0 Å². The summed E-state index contributed by atoms with van der Waals surface area (Å²) in [6, 6.07) is 8.70. The minimum absolute atomic E-state index is 0.615. The molecule has 0 aromatic heterocycles. The maximum atomic E-state index is 10.4. The molecule has 0 aliphatic rings. The summed E-state index contributed by atoms with van der Waals surface area (Å²) in [4.78, 5) is 10.4. The van der Waals surface area contributed by atoms with Gasteiger partial charge in [-0.3, -0.25) is 0 Å². The minimum Gasteiger partial charge on any atom is -0.424 e. The van der Waals surface area contributed by atoms with Crippen molar-refractivity contribution in [2.45, 2.75) is 6.23 Å². The van der Waals surface area contributed by atoms with Gasteiger partial charge in [-0.25, -0.2) is 4.79 Å². The topological polar surface area (TPSA) is 84.6 Å². The van der Waals surface area contributed by atoms with Gasteiger partial charge in [-0.15, -0.1) is 0 Å². The van der Waals surface area contributed by atoms with Crippen LogP contribution >= 0.6 is 0 Å². The van der Waals surface area contributed by atoms with E-state index in [0.717, 1.165) is 0 Å². The van der Waals surface area contributed by atoms with Crippen LogP contribution in [0.25, 0.3) is 0 Å². The first kappa shape index (κ1) is 9.50. The first-order valence-electron chi connectivity index (χ1n) is 3.64. The van der Waals surface area contributed by atoms with E-state index in [1.807, 2.05) is 11.5 Å². The molecule has 0 aliphatic heterocycles. The third-order valence-corrected chi connectivity index (χ3v) is 1.45. The van der Waals surface area contributed by atoms with Crippen molar-refractivity contribution in [1.82, 2.24) is 5.48 Å². The molecule has 0 saturated heterocycles. The van der Waals surface area contributed by atoms with Gasteiger partial charge >= 0.3 is 6.09 Å². The molecule has 1 amide bonds. The number of nitrogens with one attached hydrogen (secondary N) is 1. The van der Waals surface area contributed by atoms with Crippen LogP contribution in [0.4, 0.5) is 4.79 Å². The molecular weight excluding hydrogens is 172 g/mol. The van der Waals surface area contributed by atoms with E-state index in [-0.39, 0.29) is 0 Å². The summed E-state index contributed by atoms with van der Waals surface area (Å²) in [5.74, 6) is 0. The van der Waals surface area contributed by atoms with Gasteiger partial charge in [0.1, 0.15) is 0 Å². The Bertz CT molecular complexity index is 276. The fourth-order valence-corrected chi connectivity index (χ4v) is 0.913. The van der Waals surface area contributed by atoms with Gasteiger partial charge in [0.05, 0.1) is 0 Å². The molecule has 1 unspecified atom stereocenters. The zero-order valence-corrected chi connectivity index (χ0v) is 6.81. The number of benzene rings is 1. The first-order valence-corrected chi connectivity index (χ1v) is 3.64. The molecule has 0 saturated carbocycles. The van der Waals surface area contributed by atoms with Gasteiger partial charge < -0.3 is 15.7 Å². The van der Waals surface area contributed by atoms with Crippen molar-refractivity contribution in [2.24, 2.45) is 5.73 Å². The number of primary amides is 1. The summed E-state index contributed by atoms with van der Waals surface area (Å²) < 4.78 is 4.56. The SMILES string of the molecule is NC(=O)OC(NO)c1ccccc1. The van der Waals surface area contributed by atoms with E-state index in [2.05, 4.69) is 4.74 Å². The van der Waals surface area contributed by atoms with Gasteiger partial charge in [0.15, 0.2) is 0 Å². The van der Waals surface area contributed by atoms with Crippen LogP contribution in [0.3, 0.4) is 0 Å². The molecule has 1 rings (SSSR count). The summed E-state index contributed by atoms with van der Waals surface area (Å²) >= 11 is 0. The van der Waals surface area contributed by atoms with E-state index >= 15 is 0 Å². The zero-order chi connectivity index (χ0) is 9.68. The molecule has 0 fully saturated rings. The molecule has 13 heavy (non-hydrogen) atoms. The fraction of sp³-hybridized carbons (Fsp3) is 0.125. The van der Waals surface area contributed by atoms with E-state index in [4.69, 9.17) is 10.9 Å². The Morgan fingerprint density at radius 1 is 1.46 bits per heavy atom. The molecular formula is C8H10N2O3. The molecule has 0 heterocycles. The lowest BCUT2D eigenvalue weighted by atomic mass is 10.2. The van der Waals surface area contributed by atoms with Gasteiger partial charge in [-0.1, -0.05) is 30.3 Å². The van der Waals surface area contributed by atoms with Gasteiger partial charge in [0.2, 0.25) is 6.23 Å². The fourth-order valence-electron chi connectivity index (χ4n) is 0.913. The third-order valence-electron chi connectivity index (χ3n) is 1.45. The van der Waals surface area contributed by atoms with Crippen LogP contribution in [0, 0.1) is 0 Å². The van der Waals surface area contributed by atoms with Gasteiger partial charge in [-0.2, -0.15) is 5.48 Å². The van der Waals surface area contributed by atoms with Gasteiger partial charge in [-0.05, 0) is 0 Å². The van der Waals surface area contributed by atoms with Crippen molar-refractivity contribution in [2.75, 3.05) is 0 Å². The number of carbonyl (C=O) groups is 1. The highest BCUT2D eigenvalue weighted by molar-refractivity contribution is 5.64. The summed E-state index contributed by atoms with van der Waals surface area (Å²) in [5, 5.41) is 8.65. The van der Waals surface area contributed by atoms with E-state index in [9.17, 15) is 4.79 Å². The lowest BCUT2D eigenvalue weighted by Gasteiger charge is -2.14. The molecule has 5 heteroatoms. The van der Waals surface area contributed by atoms with Crippen LogP contribution in [0.15, 0.2) is 30.3 Å². The van der Waals surface area contributed by atoms with Crippen LogP contribution in [-0.4, -0.2) is 11.3 Å². The smallest absolute Gasteiger partial charge is 0.406 e. The first-order chi connectivity index (χ1) is 6.24. The van der Waals surface area contributed by atoms with Crippen molar-refractivity contribution in [3.05, 3.63) is 35.9 Å². The Labute approximate surface area is 75.1 Å². The molecule has 1 aromatic rings. The highest BCUT2D eigenvalue weighted by Gasteiger charge is 2.12. The third kappa shape index (κ3) is 2.73. The predicted octanol–water partition coefficient (Wildman–Crippen LogP) is 0.759. The van der Waals surface area contributed by atoms with Crippen molar-refractivity contribution in [3.8, 4) is 0 Å². The average molecular weight is 182 g/mol. The van der Waals surface area contributed by atoms with E-state index < -0.39 is 12.3 Å². The van der Waals surface area contributed by atoms with Crippen LogP contribution < -0.4 is 11.2 Å². The summed E-state index contributed by atoms with van der Waals surface area (Å²) in [6.07, 6.45) is -1.87. The molecule has 5 nitrogen and oxygen atoms in total. The second kappa shape index (κ2) is 4.44. The van der Waals surface area contributed by atoms with Gasteiger partial charge in [0.25, 0.3) is 0 Å². The number of rotatable bonds is 3. The predicted molar refractivity (Wildman–Crippen MR) is 44.8 cm³/mol. The number of carbonyl (C=O) groups excluding carboxylic acids is 1. The number of ether oxygens (including phenoxy) is 1. The van der Waals surface area contributed by atoms with E-state index in [1.54, 1.807) is 24.3 Å². The summed E-state index contributed by atoms with van der Waals surface area (Å²) in [6.45, 7) is 0. The molecule has 0 radical (unpaired) electrons. The molecule has 0 aliphatic carbocycles. The molecule has 1 atom stereocenters. The highest BCUT2D eigenvalue weighted by atomic mass is 16.6. The number of hydrogen-bond donors (Lipinski definition) is 3. The summed E-state index contributed by atoms with van der Waals surface area (Å²) in [5.41, 5.74) is 7.24. The molecule has 4 N–H and O–H groups in total. The van der Waals surface area contributed by atoms with Crippen molar-refractivity contribution < 1.29 is 14.7 Å². The molecule has 0 spiro atoms. The largest absolute Gasteiger partial charge is 0.424 e. The quantitative estimate of drug-likeness (QED) is 0.476. The molecule has 1 aromatic carbocycles. The van der Waals surface area contributed by atoms with Gasteiger partial charge in [0, 0.05) is 5.56 Å².